The van der Waals surface area contributed by atoms with E-state index in [-0.39, 0.29) is 8.27 Å². The predicted octanol–water partition coefficient (Wildman–Crippen LogP) is 9.21. The number of hydrogen-bond acceptors (Lipinski definition) is 1. The molecule has 1 aliphatic rings. The van der Waals surface area contributed by atoms with E-state index in [9.17, 15) is 0 Å². The van der Waals surface area contributed by atoms with Gasteiger partial charge in [0.1, 0.15) is 0 Å². The van der Waals surface area contributed by atoms with E-state index in [1.165, 1.54) is 39.8 Å². The monoisotopic (exact) mass is 449 g/mol. The third kappa shape index (κ3) is 4.19. The summed E-state index contributed by atoms with van der Waals surface area (Å²) in [6.45, 7) is 12.8. The molecule has 0 bridgehead atoms. The minimum absolute atomic E-state index is 0. The van der Waals surface area contributed by atoms with Crippen molar-refractivity contribution in [1.29, 1.82) is 0 Å². The maximum absolute atomic E-state index is 6.02. The average molecular weight is 450 g/mol. The second-order valence-electron chi connectivity index (χ2n) is 10.2. The van der Waals surface area contributed by atoms with Gasteiger partial charge in [-0.15, -0.1) is 0 Å². The van der Waals surface area contributed by atoms with Gasteiger partial charge in [-0.2, -0.15) is 0 Å². The molecule has 34 heavy (non-hydrogen) atoms. The Hall–Kier alpha value is -3.58. The summed E-state index contributed by atoms with van der Waals surface area (Å²) in [5.41, 5.74) is 15.8. The molecule has 4 aromatic carbocycles. The molecular formula is C33H39N. The number of benzene rings is 4. The van der Waals surface area contributed by atoms with Crippen molar-refractivity contribution in [3.63, 3.8) is 0 Å². The second kappa shape index (κ2) is 9.35. The van der Waals surface area contributed by atoms with Gasteiger partial charge in [-0.1, -0.05) is 132 Å². The highest BCUT2D eigenvalue weighted by atomic mass is 14.5. The lowest BCUT2D eigenvalue weighted by atomic mass is 9.67. The van der Waals surface area contributed by atoms with Crippen LogP contribution in [0, 0.1) is 5.41 Å². The van der Waals surface area contributed by atoms with Crippen LogP contribution in [0.3, 0.4) is 0 Å². The smallest absolute Gasteiger partial charge is 0.0713 e. The summed E-state index contributed by atoms with van der Waals surface area (Å²) in [5, 5.41) is 0. The molecule has 5 rings (SSSR count). The van der Waals surface area contributed by atoms with Crippen molar-refractivity contribution >= 4 is 11.8 Å². The van der Waals surface area contributed by atoms with E-state index in [1.54, 1.807) is 0 Å². The topological polar surface area (TPSA) is 26.0 Å². The third-order valence-electron chi connectivity index (χ3n) is 6.94. The molecule has 1 nitrogen and oxygen atoms in total. The fourth-order valence-corrected chi connectivity index (χ4v) is 4.63. The Morgan fingerprint density at radius 3 is 1.56 bits per heavy atom. The normalized spacial score (nSPS) is 13.3. The Labute approximate surface area is 208 Å². The molecule has 0 atom stereocenters. The van der Waals surface area contributed by atoms with E-state index in [0.29, 0.717) is 5.41 Å². The van der Waals surface area contributed by atoms with Gasteiger partial charge in [0.2, 0.25) is 0 Å². The second-order valence-corrected chi connectivity index (χ2v) is 10.2. The molecule has 4 aromatic rings. The SMILES string of the molecule is C=Cc1ccc(C2(c3ccc(N)cc3)c3ccccc3-c3ccccc32)cc1.CCC(C)(C)C.[HH].[HH]. The molecule has 0 spiro atoms. The van der Waals surface area contributed by atoms with Crippen LogP contribution in [-0.2, 0) is 5.41 Å². The van der Waals surface area contributed by atoms with E-state index in [0.717, 1.165) is 11.3 Å². The molecule has 0 aromatic heterocycles. The van der Waals surface area contributed by atoms with Gasteiger partial charge in [0.25, 0.3) is 0 Å². The number of anilines is 1. The van der Waals surface area contributed by atoms with Gasteiger partial charge in [0.15, 0.2) is 0 Å². The molecular weight excluding hydrogens is 410 g/mol. The standard InChI is InChI=1S/C27H21N.C6H14.2H2/c1-2-19-11-13-20(14-12-19)27(21-15-17-22(28)18-16-21)25-9-5-3-7-23(25)24-8-4-6-10-26(24)27;1-5-6(2,3)4;;/h2-18H,1,28H2;5H2,1-4H3;2*1H. The molecule has 176 valence electrons. The lowest BCUT2D eigenvalue weighted by molar-refractivity contribution is 0.398. The van der Waals surface area contributed by atoms with Crippen LogP contribution in [0.5, 0.6) is 0 Å². The molecule has 0 saturated carbocycles. The van der Waals surface area contributed by atoms with Gasteiger partial charge in [-0.25, -0.2) is 0 Å². The molecule has 1 heteroatoms. The van der Waals surface area contributed by atoms with Crippen molar-refractivity contribution in [3.05, 3.63) is 131 Å². The van der Waals surface area contributed by atoms with Crippen LogP contribution in [0.2, 0.25) is 0 Å². The molecule has 0 aliphatic heterocycles. The lowest BCUT2D eigenvalue weighted by Gasteiger charge is -2.34. The minimum atomic E-state index is -0.361. The molecule has 1 aliphatic carbocycles. The van der Waals surface area contributed by atoms with E-state index in [1.807, 2.05) is 18.2 Å². The van der Waals surface area contributed by atoms with Gasteiger partial charge in [0, 0.05) is 8.54 Å². The zero-order valence-electron chi connectivity index (χ0n) is 20.8. The van der Waals surface area contributed by atoms with Crippen LogP contribution >= 0.6 is 0 Å². The molecule has 0 heterocycles. The molecule has 0 amide bonds. The van der Waals surface area contributed by atoms with Crippen molar-refractivity contribution < 1.29 is 2.85 Å². The Bertz CT molecular complexity index is 1240. The predicted molar refractivity (Wildman–Crippen MR) is 152 cm³/mol. The molecule has 0 radical (unpaired) electrons. The van der Waals surface area contributed by atoms with Crippen LogP contribution in [-0.4, -0.2) is 0 Å². The van der Waals surface area contributed by atoms with Crippen molar-refractivity contribution in [2.75, 3.05) is 5.73 Å². The first-order valence-electron chi connectivity index (χ1n) is 12.1. The van der Waals surface area contributed by atoms with E-state index >= 15 is 0 Å². The highest BCUT2D eigenvalue weighted by molar-refractivity contribution is 5.86. The zero-order chi connectivity index (χ0) is 24.3. The van der Waals surface area contributed by atoms with Crippen molar-refractivity contribution in [2.24, 2.45) is 5.41 Å². The van der Waals surface area contributed by atoms with Crippen LogP contribution in [0.15, 0.2) is 104 Å². The summed E-state index contributed by atoms with van der Waals surface area (Å²) < 4.78 is 0. The molecule has 0 saturated heterocycles. The van der Waals surface area contributed by atoms with Gasteiger partial charge in [-0.05, 0) is 56.5 Å². The first-order valence-corrected chi connectivity index (χ1v) is 12.1. The maximum Gasteiger partial charge on any atom is 0.0713 e. The van der Waals surface area contributed by atoms with Gasteiger partial charge in [-0.3, -0.25) is 0 Å². The van der Waals surface area contributed by atoms with Crippen LogP contribution in [0.4, 0.5) is 5.69 Å². The fraction of sp³-hybridized carbons (Fsp3) is 0.212. The van der Waals surface area contributed by atoms with Crippen LogP contribution in [0.1, 0.15) is 64.8 Å². The van der Waals surface area contributed by atoms with Gasteiger partial charge >= 0.3 is 0 Å². The van der Waals surface area contributed by atoms with Crippen molar-refractivity contribution in [3.8, 4) is 11.1 Å². The molecule has 0 fully saturated rings. The van der Waals surface area contributed by atoms with Crippen molar-refractivity contribution in [1.82, 2.24) is 0 Å². The van der Waals surface area contributed by atoms with Gasteiger partial charge < -0.3 is 5.73 Å². The number of rotatable bonds is 3. The largest absolute Gasteiger partial charge is 0.399 e. The highest BCUT2D eigenvalue weighted by Crippen LogP contribution is 2.55. The molecule has 0 unspecified atom stereocenters. The summed E-state index contributed by atoms with van der Waals surface area (Å²) in [6.07, 6.45) is 3.16. The number of fused-ring (bicyclic) bond motifs is 3. The minimum Gasteiger partial charge on any atom is -0.399 e. The number of hydrogen-bond donors (Lipinski definition) is 1. The van der Waals surface area contributed by atoms with E-state index < -0.39 is 0 Å². The summed E-state index contributed by atoms with van der Waals surface area (Å²) in [7, 11) is 0. The first kappa shape index (κ1) is 23.6. The van der Waals surface area contributed by atoms with Gasteiger partial charge in [0.05, 0.1) is 5.41 Å². The number of nitrogens with two attached hydrogens (primary N) is 1. The quantitative estimate of drug-likeness (QED) is 0.273. The summed E-state index contributed by atoms with van der Waals surface area (Å²) in [4.78, 5) is 0. The molecule has 2 N–H and O–H groups in total. The Kier molecular flexibility index (Phi) is 6.48. The third-order valence-corrected chi connectivity index (χ3v) is 6.94. The first-order chi connectivity index (χ1) is 16.3. The Balaban J connectivity index is 0.000000514. The van der Waals surface area contributed by atoms with Crippen LogP contribution in [0.25, 0.3) is 17.2 Å². The highest BCUT2D eigenvalue weighted by Gasteiger charge is 2.45. The number of nitrogen functional groups attached to an aromatic ring is 1. The maximum atomic E-state index is 6.02. The summed E-state index contributed by atoms with van der Waals surface area (Å²) >= 11 is 0. The van der Waals surface area contributed by atoms with E-state index in [2.05, 4.69) is 119 Å². The van der Waals surface area contributed by atoms with Crippen LogP contribution < -0.4 is 5.73 Å². The summed E-state index contributed by atoms with van der Waals surface area (Å²) in [6, 6.07) is 34.5. The average Bonchev–Trinajstić information content (AvgIpc) is 3.16. The fourth-order valence-electron chi connectivity index (χ4n) is 4.63. The Morgan fingerprint density at radius 1 is 0.735 bits per heavy atom. The zero-order valence-corrected chi connectivity index (χ0v) is 20.8. The Morgan fingerprint density at radius 2 is 1.15 bits per heavy atom. The summed E-state index contributed by atoms with van der Waals surface area (Å²) in [5.74, 6) is 0. The van der Waals surface area contributed by atoms with E-state index in [4.69, 9.17) is 5.73 Å². The lowest BCUT2D eigenvalue weighted by Crippen LogP contribution is -2.28. The van der Waals surface area contributed by atoms with Crippen molar-refractivity contribution in [2.45, 2.75) is 39.5 Å².